The van der Waals surface area contributed by atoms with Crippen LogP contribution >= 0.6 is 36.6 Å². The van der Waals surface area contributed by atoms with Crippen LogP contribution < -0.4 is 5.32 Å². The van der Waals surface area contributed by atoms with Crippen LogP contribution in [0.3, 0.4) is 0 Å². The number of hydrogen-bond donors (Lipinski definition) is 1. The Morgan fingerprint density at radius 3 is 2.28 bits per heavy atom. The molecule has 8 heteroatoms. The fourth-order valence-electron chi connectivity index (χ4n) is 3.68. The molecule has 0 aliphatic carbocycles. The van der Waals surface area contributed by atoms with E-state index >= 15 is 0 Å². The minimum Gasteiger partial charge on any atom is -0.412 e. The Morgan fingerprint density at radius 2 is 1.59 bits per heavy atom. The summed E-state index contributed by atoms with van der Waals surface area (Å²) in [5.74, 6) is 0.0634. The fourth-order valence-corrected chi connectivity index (χ4v) is 5.03. The van der Waals surface area contributed by atoms with E-state index in [-0.39, 0.29) is 47.4 Å². The standard InChI is InChI=1S/C21H25N3OS.2ClH.H2O/c1-23-11-13-24(14-12-23)15-17-20(16-7-3-2-4-8-16)26-19-10-6-5-9-18(19)22-21(17)25;;;/h2-10,17,20H,11-15H2,1H3,(H,22,25);2*1H;1H2. The van der Waals surface area contributed by atoms with Gasteiger partial charge in [-0.15, -0.1) is 36.6 Å². The van der Waals surface area contributed by atoms with Crippen LogP contribution in [0.1, 0.15) is 10.8 Å². The number of piperazine rings is 1. The van der Waals surface area contributed by atoms with Crippen molar-refractivity contribution in [1.29, 1.82) is 0 Å². The van der Waals surface area contributed by atoms with Crippen LogP contribution in [0.15, 0.2) is 59.5 Å². The predicted octanol–water partition coefficient (Wildman–Crippen LogP) is 3.35. The first-order valence-corrected chi connectivity index (χ1v) is 10.1. The summed E-state index contributed by atoms with van der Waals surface area (Å²) in [7, 11) is 2.16. The number of para-hydroxylation sites is 1. The zero-order chi connectivity index (χ0) is 17.9. The second-order valence-corrected chi connectivity index (χ2v) is 8.33. The quantitative estimate of drug-likeness (QED) is 0.766. The van der Waals surface area contributed by atoms with Crippen molar-refractivity contribution in [3.8, 4) is 0 Å². The van der Waals surface area contributed by atoms with E-state index in [1.807, 2.05) is 36.0 Å². The number of benzene rings is 2. The number of likely N-dealkylation sites (N-methyl/N-ethyl adjacent to an activating group) is 1. The lowest BCUT2D eigenvalue weighted by Crippen LogP contribution is -2.48. The predicted molar refractivity (Wildman–Crippen MR) is 126 cm³/mol. The van der Waals surface area contributed by atoms with Gasteiger partial charge in [-0.3, -0.25) is 9.69 Å². The van der Waals surface area contributed by atoms with Crippen LogP contribution in [-0.4, -0.2) is 61.0 Å². The topological polar surface area (TPSA) is 67.1 Å². The first-order chi connectivity index (χ1) is 12.7. The SMILES string of the molecule is CN1CCN(CC2C(=O)Nc3ccccc3SC2c2ccccc2)CC1.Cl.Cl.O. The zero-order valence-electron chi connectivity index (χ0n) is 16.4. The average Bonchev–Trinajstić information content (AvgIpc) is 2.81. The molecular formula is C21H29Cl2N3O2S. The normalized spacial score (nSPS) is 22.0. The third kappa shape index (κ3) is 6.10. The smallest absolute Gasteiger partial charge is 0.230 e. The van der Waals surface area contributed by atoms with Gasteiger partial charge in [0.2, 0.25) is 5.91 Å². The highest BCUT2D eigenvalue weighted by Gasteiger charge is 2.35. The van der Waals surface area contributed by atoms with Gasteiger partial charge in [-0.25, -0.2) is 0 Å². The van der Waals surface area contributed by atoms with Crippen molar-refractivity contribution in [2.45, 2.75) is 10.1 Å². The fraction of sp³-hybridized carbons (Fsp3) is 0.381. The summed E-state index contributed by atoms with van der Waals surface area (Å²) < 4.78 is 0. The lowest BCUT2D eigenvalue weighted by Gasteiger charge is -2.35. The molecule has 0 aromatic heterocycles. The number of fused-ring (bicyclic) bond motifs is 1. The molecule has 1 fully saturated rings. The molecule has 2 unspecified atom stereocenters. The highest BCUT2D eigenvalue weighted by Crippen LogP contribution is 2.46. The van der Waals surface area contributed by atoms with Gasteiger partial charge >= 0.3 is 0 Å². The molecule has 0 radical (unpaired) electrons. The maximum absolute atomic E-state index is 13.1. The van der Waals surface area contributed by atoms with Crippen LogP contribution in [0, 0.1) is 5.92 Å². The van der Waals surface area contributed by atoms with Gasteiger partial charge in [0.05, 0.1) is 11.6 Å². The maximum atomic E-state index is 13.1. The number of carbonyl (C=O) groups excluding carboxylic acids is 1. The summed E-state index contributed by atoms with van der Waals surface area (Å²) in [6.07, 6.45) is 0. The van der Waals surface area contributed by atoms with E-state index in [4.69, 9.17) is 0 Å². The van der Waals surface area contributed by atoms with Crippen molar-refractivity contribution in [2.24, 2.45) is 5.92 Å². The maximum Gasteiger partial charge on any atom is 0.230 e. The van der Waals surface area contributed by atoms with Crippen LogP contribution in [0.4, 0.5) is 5.69 Å². The lowest BCUT2D eigenvalue weighted by molar-refractivity contribution is -0.120. The summed E-state index contributed by atoms with van der Waals surface area (Å²) in [6.45, 7) is 4.99. The molecule has 2 heterocycles. The van der Waals surface area contributed by atoms with Crippen LogP contribution in [0.5, 0.6) is 0 Å². The average molecular weight is 458 g/mol. The molecule has 1 saturated heterocycles. The minimum atomic E-state index is -0.0711. The van der Waals surface area contributed by atoms with E-state index < -0.39 is 0 Å². The molecule has 5 nitrogen and oxygen atoms in total. The Bertz CT molecular complexity index is 774. The number of amides is 1. The number of rotatable bonds is 3. The summed E-state index contributed by atoms with van der Waals surface area (Å²) >= 11 is 1.81. The molecule has 2 atom stereocenters. The van der Waals surface area contributed by atoms with Crippen LogP contribution in [-0.2, 0) is 4.79 Å². The number of anilines is 1. The van der Waals surface area contributed by atoms with Gasteiger partial charge in [-0.1, -0.05) is 42.5 Å². The molecular weight excluding hydrogens is 429 g/mol. The van der Waals surface area contributed by atoms with Crippen molar-refractivity contribution in [2.75, 3.05) is 45.1 Å². The second kappa shape index (κ2) is 11.8. The number of thioether (sulfide) groups is 1. The number of halogens is 2. The van der Waals surface area contributed by atoms with Crippen molar-refractivity contribution in [1.82, 2.24) is 9.80 Å². The van der Waals surface area contributed by atoms with E-state index in [1.165, 1.54) is 5.56 Å². The third-order valence-corrected chi connectivity index (χ3v) is 6.74. The number of carbonyl (C=O) groups is 1. The molecule has 160 valence electrons. The van der Waals surface area contributed by atoms with E-state index in [0.29, 0.717) is 0 Å². The molecule has 2 aliphatic heterocycles. The molecule has 2 aromatic rings. The van der Waals surface area contributed by atoms with Gasteiger partial charge in [-0.2, -0.15) is 0 Å². The van der Waals surface area contributed by atoms with E-state index in [2.05, 4.69) is 52.5 Å². The van der Waals surface area contributed by atoms with E-state index in [1.54, 1.807) is 0 Å². The second-order valence-electron chi connectivity index (χ2n) is 7.14. The Morgan fingerprint density at radius 1 is 0.966 bits per heavy atom. The van der Waals surface area contributed by atoms with Gasteiger partial charge in [0.1, 0.15) is 0 Å². The Kier molecular flexibility index (Phi) is 10.5. The number of nitrogens with zero attached hydrogens (tertiary/aromatic N) is 2. The number of hydrogen-bond acceptors (Lipinski definition) is 4. The van der Waals surface area contributed by atoms with E-state index in [0.717, 1.165) is 43.3 Å². The first-order valence-electron chi connectivity index (χ1n) is 9.23. The first kappa shape index (κ1) is 25.8. The van der Waals surface area contributed by atoms with Gasteiger partial charge in [0, 0.05) is 42.9 Å². The summed E-state index contributed by atoms with van der Waals surface area (Å²) in [5.41, 5.74) is 2.16. The Hall–Kier alpha value is -1.28. The van der Waals surface area contributed by atoms with Crippen LogP contribution in [0.25, 0.3) is 0 Å². The van der Waals surface area contributed by atoms with Crippen LogP contribution in [0.2, 0.25) is 0 Å². The molecule has 3 N–H and O–H groups in total. The summed E-state index contributed by atoms with van der Waals surface area (Å²) in [4.78, 5) is 19.1. The molecule has 0 saturated carbocycles. The summed E-state index contributed by atoms with van der Waals surface area (Å²) in [6, 6.07) is 18.6. The third-order valence-electron chi connectivity index (χ3n) is 5.28. The largest absolute Gasteiger partial charge is 0.412 e. The number of nitrogens with one attached hydrogen (secondary N) is 1. The summed E-state index contributed by atoms with van der Waals surface area (Å²) in [5, 5.41) is 3.30. The minimum absolute atomic E-state index is 0. The van der Waals surface area contributed by atoms with Gasteiger partial charge < -0.3 is 15.7 Å². The highest BCUT2D eigenvalue weighted by atomic mass is 35.5. The van der Waals surface area contributed by atoms with Gasteiger partial charge in [0.15, 0.2) is 0 Å². The molecule has 29 heavy (non-hydrogen) atoms. The molecule has 2 aromatic carbocycles. The molecule has 2 aliphatic rings. The monoisotopic (exact) mass is 457 g/mol. The Balaban J connectivity index is 0.00000140. The highest BCUT2D eigenvalue weighted by molar-refractivity contribution is 7.99. The van der Waals surface area contributed by atoms with Gasteiger partial charge in [0.25, 0.3) is 0 Å². The van der Waals surface area contributed by atoms with E-state index in [9.17, 15) is 4.79 Å². The Labute approximate surface area is 189 Å². The van der Waals surface area contributed by atoms with Crippen molar-refractivity contribution in [3.63, 3.8) is 0 Å². The zero-order valence-corrected chi connectivity index (χ0v) is 18.9. The van der Waals surface area contributed by atoms with Crippen molar-refractivity contribution < 1.29 is 10.3 Å². The van der Waals surface area contributed by atoms with Crippen molar-refractivity contribution in [3.05, 3.63) is 60.2 Å². The lowest BCUT2D eigenvalue weighted by atomic mass is 9.96. The molecule has 0 bridgehead atoms. The van der Waals surface area contributed by atoms with Gasteiger partial charge in [-0.05, 0) is 24.7 Å². The molecule has 0 spiro atoms. The molecule has 4 rings (SSSR count). The van der Waals surface area contributed by atoms with Crippen molar-refractivity contribution >= 4 is 48.2 Å². The molecule has 1 amide bonds.